The molecule has 0 fully saturated rings. The van der Waals surface area contributed by atoms with E-state index in [1.807, 2.05) is 24.3 Å². The van der Waals surface area contributed by atoms with Crippen LogP contribution in [-0.4, -0.2) is 16.2 Å². The fourth-order valence-electron chi connectivity index (χ4n) is 2.52. The summed E-state index contributed by atoms with van der Waals surface area (Å²) >= 11 is 0. The van der Waals surface area contributed by atoms with E-state index in [0.717, 1.165) is 11.0 Å². The molecule has 1 heterocycles. The van der Waals surface area contributed by atoms with E-state index in [-0.39, 0.29) is 18.0 Å². The lowest BCUT2D eigenvalue weighted by atomic mass is 10.2. The highest BCUT2D eigenvalue weighted by atomic mass is 19.1. The Morgan fingerprint density at radius 1 is 1.10 bits per heavy atom. The van der Waals surface area contributed by atoms with Gasteiger partial charge in [0.1, 0.15) is 0 Å². The predicted octanol–water partition coefficient (Wildman–Crippen LogP) is 2.54. The van der Waals surface area contributed by atoms with Crippen LogP contribution < -0.4 is 10.4 Å². The number of halogens is 1. The van der Waals surface area contributed by atoms with Crippen LogP contribution in [0.5, 0.6) is 5.75 Å². The van der Waals surface area contributed by atoms with Crippen LogP contribution in [0.3, 0.4) is 0 Å². The Morgan fingerprint density at radius 2 is 1.81 bits per heavy atom. The third kappa shape index (κ3) is 2.11. The summed E-state index contributed by atoms with van der Waals surface area (Å²) in [4.78, 5) is 12.3. The quantitative estimate of drug-likeness (QED) is 0.742. The zero-order valence-electron chi connectivity index (χ0n) is 11.8. The van der Waals surface area contributed by atoms with Crippen molar-refractivity contribution >= 4 is 11.0 Å². The zero-order valence-corrected chi connectivity index (χ0v) is 11.8. The van der Waals surface area contributed by atoms with Crippen molar-refractivity contribution in [1.29, 1.82) is 0 Å². The fraction of sp³-hybridized carbons (Fsp3) is 0.188. The summed E-state index contributed by atoms with van der Waals surface area (Å²) in [6.45, 7) is 0.170. The number of hydrogen-bond donors (Lipinski definition) is 0. The first kappa shape index (κ1) is 13.4. The second kappa shape index (κ2) is 5.09. The molecule has 0 N–H and O–H groups in total. The van der Waals surface area contributed by atoms with Crippen molar-refractivity contribution in [3.05, 3.63) is 64.3 Å². The summed E-state index contributed by atoms with van der Waals surface area (Å²) in [6.07, 6.45) is 0. The zero-order chi connectivity index (χ0) is 15.0. The molecule has 0 atom stereocenters. The SMILES string of the molecule is COc1cccc(Cn2c(=O)n(C)c3ccccc32)c1F. The Morgan fingerprint density at radius 3 is 2.52 bits per heavy atom. The number of hydrogen-bond acceptors (Lipinski definition) is 2. The van der Waals surface area contributed by atoms with Crippen molar-refractivity contribution in [2.24, 2.45) is 7.05 Å². The number of aryl methyl sites for hydroxylation is 1. The first-order valence-corrected chi connectivity index (χ1v) is 6.59. The molecule has 4 nitrogen and oxygen atoms in total. The minimum absolute atomic E-state index is 0.168. The first-order valence-electron chi connectivity index (χ1n) is 6.59. The van der Waals surface area contributed by atoms with Crippen molar-refractivity contribution in [2.75, 3.05) is 7.11 Å². The van der Waals surface area contributed by atoms with Crippen LogP contribution in [0.15, 0.2) is 47.3 Å². The smallest absolute Gasteiger partial charge is 0.329 e. The number of aromatic nitrogens is 2. The average molecular weight is 286 g/mol. The van der Waals surface area contributed by atoms with Gasteiger partial charge in [0.05, 0.1) is 24.7 Å². The van der Waals surface area contributed by atoms with E-state index in [9.17, 15) is 9.18 Å². The maximum absolute atomic E-state index is 14.2. The molecule has 21 heavy (non-hydrogen) atoms. The lowest BCUT2D eigenvalue weighted by Crippen LogP contribution is -2.23. The maximum Gasteiger partial charge on any atom is 0.329 e. The molecule has 2 aromatic carbocycles. The molecule has 0 unspecified atom stereocenters. The third-order valence-corrected chi connectivity index (χ3v) is 3.64. The lowest BCUT2D eigenvalue weighted by Gasteiger charge is -2.08. The van der Waals surface area contributed by atoms with Gasteiger partial charge < -0.3 is 4.74 Å². The molecule has 5 heteroatoms. The predicted molar refractivity (Wildman–Crippen MR) is 79.2 cm³/mol. The second-order valence-electron chi connectivity index (χ2n) is 4.85. The highest BCUT2D eigenvalue weighted by molar-refractivity contribution is 5.76. The first-order chi connectivity index (χ1) is 10.1. The van der Waals surface area contributed by atoms with E-state index in [2.05, 4.69) is 0 Å². The van der Waals surface area contributed by atoms with Crippen LogP contribution in [0.1, 0.15) is 5.56 Å². The molecule has 0 saturated heterocycles. The van der Waals surface area contributed by atoms with E-state index in [0.29, 0.717) is 5.56 Å². The monoisotopic (exact) mass is 286 g/mol. The standard InChI is InChI=1S/C16H15FN2O2/c1-18-12-7-3-4-8-13(12)19(16(18)20)10-11-6-5-9-14(21-2)15(11)17/h3-9H,10H2,1-2H3. The van der Waals surface area contributed by atoms with E-state index < -0.39 is 5.82 Å². The Labute approximate surface area is 121 Å². The number of nitrogens with zero attached hydrogens (tertiary/aromatic N) is 2. The Bertz CT molecular complexity index is 864. The van der Waals surface area contributed by atoms with Crippen LogP contribution in [0.2, 0.25) is 0 Å². The highest BCUT2D eigenvalue weighted by Gasteiger charge is 2.14. The van der Waals surface area contributed by atoms with Gasteiger partial charge in [-0.15, -0.1) is 0 Å². The van der Waals surface area contributed by atoms with Crippen LogP contribution in [-0.2, 0) is 13.6 Å². The molecular formula is C16H15FN2O2. The van der Waals surface area contributed by atoms with Gasteiger partial charge in [-0.25, -0.2) is 9.18 Å². The summed E-state index contributed by atoms with van der Waals surface area (Å²) in [5.74, 6) is -0.249. The molecule has 1 aromatic heterocycles. The van der Waals surface area contributed by atoms with Crippen LogP contribution in [0.4, 0.5) is 4.39 Å². The lowest BCUT2D eigenvalue weighted by molar-refractivity contribution is 0.383. The van der Waals surface area contributed by atoms with Gasteiger partial charge in [-0.1, -0.05) is 24.3 Å². The number of imidazole rings is 1. The number of benzene rings is 2. The Hall–Kier alpha value is -2.56. The van der Waals surface area contributed by atoms with Gasteiger partial charge >= 0.3 is 5.69 Å². The largest absolute Gasteiger partial charge is 0.494 e. The molecule has 3 aromatic rings. The van der Waals surface area contributed by atoms with E-state index in [1.54, 1.807) is 34.4 Å². The molecule has 3 rings (SSSR count). The molecule has 0 saturated carbocycles. The van der Waals surface area contributed by atoms with Gasteiger partial charge in [0, 0.05) is 12.6 Å². The van der Waals surface area contributed by atoms with E-state index in [4.69, 9.17) is 4.74 Å². The molecule has 0 spiro atoms. The van der Waals surface area contributed by atoms with Gasteiger partial charge in [-0.2, -0.15) is 0 Å². The summed E-state index contributed by atoms with van der Waals surface area (Å²) in [5.41, 5.74) is 1.87. The Balaban J connectivity index is 2.15. The molecule has 108 valence electrons. The molecule has 0 bridgehead atoms. The fourth-order valence-corrected chi connectivity index (χ4v) is 2.52. The van der Waals surface area contributed by atoms with Crippen molar-refractivity contribution < 1.29 is 9.13 Å². The molecule has 0 radical (unpaired) electrons. The molecule has 0 aliphatic rings. The van der Waals surface area contributed by atoms with E-state index >= 15 is 0 Å². The van der Waals surface area contributed by atoms with Crippen molar-refractivity contribution in [1.82, 2.24) is 9.13 Å². The highest BCUT2D eigenvalue weighted by Crippen LogP contribution is 2.21. The van der Waals surface area contributed by atoms with Gasteiger partial charge in [0.25, 0.3) is 0 Å². The van der Waals surface area contributed by atoms with Crippen molar-refractivity contribution in [3.8, 4) is 5.75 Å². The topological polar surface area (TPSA) is 36.2 Å². The molecule has 0 aliphatic heterocycles. The van der Waals surface area contributed by atoms with Crippen molar-refractivity contribution in [2.45, 2.75) is 6.54 Å². The number of methoxy groups -OCH3 is 1. The summed E-state index contributed by atoms with van der Waals surface area (Å²) < 4.78 is 22.4. The number of rotatable bonds is 3. The van der Waals surface area contributed by atoms with Gasteiger partial charge in [-0.05, 0) is 18.2 Å². The van der Waals surface area contributed by atoms with Crippen LogP contribution in [0, 0.1) is 5.82 Å². The number of para-hydroxylation sites is 2. The minimum Gasteiger partial charge on any atom is -0.494 e. The van der Waals surface area contributed by atoms with Crippen LogP contribution >= 0.6 is 0 Å². The summed E-state index contributed by atoms with van der Waals surface area (Å²) in [6, 6.07) is 12.4. The second-order valence-corrected chi connectivity index (χ2v) is 4.85. The summed E-state index contributed by atoms with van der Waals surface area (Å²) in [7, 11) is 3.13. The average Bonchev–Trinajstić information content (AvgIpc) is 2.75. The molecular weight excluding hydrogens is 271 g/mol. The van der Waals surface area contributed by atoms with Crippen LogP contribution in [0.25, 0.3) is 11.0 Å². The number of ether oxygens (including phenoxy) is 1. The van der Waals surface area contributed by atoms with Crippen molar-refractivity contribution in [3.63, 3.8) is 0 Å². The van der Waals surface area contributed by atoms with Gasteiger partial charge in [-0.3, -0.25) is 9.13 Å². The minimum atomic E-state index is -0.431. The van der Waals surface area contributed by atoms with E-state index in [1.165, 1.54) is 7.11 Å². The maximum atomic E-state index is 14.2. The Kier molecular flexibility index (Phi) is 3.25. The summed E-state index contributed by atoms with van der Waals surface area (Å²) in [5, 5.41) is 0. The molecule has 0 amide bonds. The number of fused-ring (bicyclic) bond motifs is 1. The normalized spacial score (nSPS) is 11.0. The molecule has 0 aliphatic carbocycles. The van der Waals surface area contributed by atoms with Gasteiger partial charge in [0.2, 0.25) is 0 Å². The van der Waals surface area contributed by atoms with Gasteiger partial charge in [0.15, 0.2) is 11.6 Å². The third-order valence-electron chi connectivity index (χ3n) is 3.64.